The van der Waals surface area contributed by atoms with Crippen LogP contribution in [0.15, 0.2) is 0 Å². The number of hydrogen-bond donors (Lipinski definition) is 3. The molecular weight excluding hydrogens is 1200 g/mol. The molecule has 0 aromatic heterocycles. The summed E-state index contributed by atoms with van der Waals surface area (Å²) in [6.45, 7) is 14.1. The summed E-state index contributed by atoms with van der Waals surface area (Å²) < 4.78 is 68.3. The molecule has 0 fully saturated rings. The third-order valence-corrected chi connectivity index (χ3v) is 19.6. The minimum atomic E-state index is -4.95. The van der Waals surface area contributed by atoms with Crippen LogP contribution in [0, 0.1) is 23.7 Å². The first-order valence-electron chi connectivity index (χ1n) is 37.3. The minimum Gasteiger partial charge on any atom is -0.462 e. The summed E-state index contributed by atoms with van der Waals surface area (Å²) in [5.41, 5.74) is 0. The zero-order chi connectivity index (χ0) is 67.5. The summed E-state index contributed by atoms with van der Waals surface area (Å²) in [7, 11) is -9.91. The molecule has 0 radical (unpaired) electrons. The number of rotatable bonds is 69. The van der Waals surface area contributed by atoms with E-state index >= 15 is 0 Å². The Morgan fingerprint density at radius 1 is 0.308 bits per heavy atom. The van der Waals surface area contributed by atoms with Crippen molar-refractivity contribution in [3.8, 4) is 0 Å². The molecule has 0 aliphatic rings. The number of unbranched alkanes of at least 4 members (excludes halogenated alkanes) is 32. The van der Waals surface area contributed by atoms with Gasteiger partial charge in [-0.05, 0) is 49.4 Å². The Balaban J connectivity index is 5.22. The van der Waals surface area contributed by atoms with E-state index in [-0.39, 0.29) is 25.7 Å². The van der Waals surface area contributed by atoms with Crippen LogP contribution >= 0.6 is 15.6 Å². The smallest absolute Gasteiger partial charge is 0.462 e. The Labute approximate surface area is 556 Å². The summed E-state index contributed by atoms with van der Waals surface area (Å²) in [4.78, 5) is 72.6. The number of carbonyl (C=O) groups excluding carboxylic acids is 4. The van der Waals surface area contributed by atoms with Gasteiger partial charge in [0.25, 0.3) is 0 Å². The van der Waals surface area contributed by atoms with Crippen LogP contribution in [-0.4, -0.2) is 96.7 Å². The minimum absolute atomic E-state index is 0.102. The number of carbonyl (C=O) groups is 4. The van der Waals surface area contributed by atoms with Crippen LogP contribution in [0.2, 0.25) is 0 Å². The maximum Gasteiger partial charge on any atom is 0.472 e. The van der Waals surface area contributed by atoms with Crippen molar-refractivity contribution in [1.29, 1.82) is 0 Å². The van der Waals surface area contributed by atoms with Crippen molar-refractivity contribution in [3.63, 3.8) is 0 Å². The van der Waals surface area contributed by atoms with Crippen molar-refractivity contribution >= 4 is 39.5 Å². The Hall–Kier alpha value is -1.94. The molecule has 0 aliphatic carbocycles. The average Bonchev–Trinajstić information content (AvgIpc) is 2.81. The van der Waals surface area contributed by atoms with E-state index in [0.717, 1.165) is 120 Å². The molecule has 0 aliphatic heterocycles. The van der Waals surface area contributed by atoms with Crippen molar-refractivity contribution in [2.45, 2.75) is 375 Å². The van der Waals surface area contributed by atoms with Crippen LogP contribution in [0.1, 0.15) is 357 Å². The van der Waals surface area contributed by atoms with E-state index in [1.165, 1.54) is 154 Å². The number of aliphatic hydroxyl groups is 1. The number of ether oxygens (including phenoxy) is 4. The summed E-state index contributed by atoms with van der Waals surface area (Å²) in [6, 6.07) is 0. The monoisotopic (exact) mass is 1340 g/mol. The van der Waals surface area contributed by atoms with E-state index in [9.17, 15) is 43.2 Å². The molecule has 91 heavy (non-hydrogen) atoms. The third kappa shape index (κ3) is 62.6. The molecule has 0 saturated carbocycles. The molecule has 19 heteroatoms. The van der Waals surface area contributed by atoms with E-state index in [2.05, 4.69) is 55.4 Å². The van der Waals surface area contributed by atoms with E-state index < -0.39 is 97.5 Å². The molecule has 0 aromatic carbocycles. The highest BCUT2D eigenvalue weighted by Gasteiger charge is 2.30. The molecule has 0 heterocycles. The topological polar surface area (TPSA) is 237 Å². The van der Waals surface area contributed by atoms with E-state index in [4.69, 9.17) is 37.0 Å². The number of hydrogen-bond acceptors (Lipinski definition) is 15. The Morgan fingerprint density at radius 3 is 0.780 bits per heavy atom. The Morgan fingerprint density at radius 2 is 0.527 bits per heavy atom. The number of phosphoric acid groups is 2. The molecule has 0 rings (SSSR count). The standard InChI is InChI=1S/C72H140O17P2/c1-9-63(6)49-41-33-25-21-16-14-12-13-15-17-23-27-38-46-54-71(76)88-67(59-83-70(75)53-45-37-30-28-34-42-50-64(7)10-2)60-86-90(78,79)84-56-66(73)57-85-91(80,81)87-61-68(89-72(77)55-47-39-31-29-35-43-51-65(8)11-3)58-82-69(74)52-44-36-26-22-19-18-20-24-32-40-48-62(4)5/h62-68,73H,9-61H2,1-8H3,(H,78,79)(H,80,81)/t63?,64?,65?,66-,67+,68+/m0/s1. The Kier molecular flexibility index (Phi) is 60.3. The zero-order valence-corrected chi connectivity index (χ0v) is 61.3. The van der Waals surface area contributed by atoms with Crippen molar-refractivity contribution in [2.75, 3.05) is 39.6 Å². The quantitative estimate of drug-likeness (QED) is 0.0222. The van der Waals surface area contributed by atoms with Gasteiger partial charge in [0.05, 0.1) is 26.4 Å². The molecule has 8 atom stereocenters. The van der Waals surface area contributed by atoms with E-state index in [1.54, 1.807) is 0 Å². The number of esters is 4. The van der Waals surface area contributed by atoms with Gasteiger partial charge in [0, 0.05) is 25.7 Å². The highest BCUT2D eigenvalue weighted by molar-refractivity contribution is 7.47. The second-order valence-electron chi connectivity index (χ2n) is 27.2. The molecule has 0 amide bonds. The van der Waals surface area contributed by atoms with E-state index in [1.807, 2.05) is 0 Å². The van der Waals surface area contributed by atoms with Crippen LogP contribution < -0.4 is 0 Å². The summed E-state index contributed by atoms with van der Waals surface area (Å²) in [5, 5.41) is 10.6. The molecule has 0 aromatic rings. The van der Waals surface area contributed by atoms with Crippen LogP contribution in [0.25, 0.3) is 0 Å². The van der Waals surface area contributed by atoms with Crippen molar-refractivity contribution in [3.05, 3.63) is 0 Å². The lowest BCUT2D eigenvalue weighted by Crippen LogP contribution is -2.30. The summed E-state index contributed by atoms with van der Waals surface area (Å²) in [6.07, 6.45) is 44.5. The molecule has 17 nitrogen and oxygen atoms in total. The molecule has 5 unspecified atom stereocenters. The van der Waals surface area contributed by atoms with Gasteiger partial charge in [-0.15, -0.1) is 0 Å². The highest BCUT2D eigenvalue weighted by atomic mass is 31.2. The number of phosphoric ester groups is 2. The molecule has 0 spiro atoms. The summed E-state index contributed by atoms with van der Waals surface area (Å²) in [5.74, 6) is 0.925. The van der Waals surface area contributed by atoms with Gasteiger partial charge in [0.1, 0.15) is 19.3 Å². The second-order valence-corrected chi connectivity index (χ2v) is 30.1. The predicted octanol–water partition coefficient (Wildman–Crippen LogP) is 20.5. The first-order chi connectivity index (χ1) is 43.7. The van der Waals surface area contributed by atoms with Crippen LogP contribution in [0.3, 0.4) is 0 Å². The lowest BCUT2D eigenvalue weighted by molar-refractivity contribution is -0.161. The maximum atomic E-state index is 13.0. The van der Waals surface area contributed by atoms with Crippen LogP contribution in [0.5, 0.6) is 0 Å². The highest BCUT2D eigenvalue weighted by Crippen LogP contribution is 2.45. The van der Waals surface area contributed by atoms with Crippen molar-refractivity contribution in [1.82, 2.24) is 0 Å². The van der Waals surface area contributed by atoms with Crippen molar-refractivity contribution in [2.24, 2.45) is 23.7 Å². The fraction of sp³-hybridized carbons (Fsp3) is 0.944. The van der Waals surface area contributed by atoms with Crippen molar-refractivity contribution < 1.29 is 80.2 Å². The third-order valence-electron chi connectivity index (χ3n) is 17.7. The number of aliphatic hydroxyl groups excluding tert-OH is 1. The SMILES string of the molecule is CCC(C)CCCCCCCCCCCCCCCCC(=O)O[C@H](COC(=O)CCCCCCCCC(C)CC)COP(=O)(O)OC[C@H](O)COP(=O)(O)OC[C@@H](COC(=O)CCCCCCCCCCCCC(C)C)OC(=O)CCCCCCCCC(C)CC. The maximum absolute atomic E-state index is 13.0. The fourth-order valence-electron chi connectivity index (χ4n) is 10.7. The Bertz CT molecular complexity index is 1800. The second kappa shape index (κ2) is 61.6. The van der Waals surface area contributed by atoms with Gasteiger partial charge in [-0.3, -0.25) is 37.3 Å². The predicted molar refractivity (Wildman–Crippen MR) is 367 cm³/mol. The van der Waals surface area contributed by atoms with Crippen LogP contribution in [0.4, 0.5) is 0 Å². The lowest BCUT2D eigenvalue weighted by Gasteiger charge is -2.21. The molecule has 0 bridgehead atoms. The zero-order valence-electron chi connectivity index (χ0n) is 59.5. The van der Waals surface area contributed by atoms with Gasteiger partial charge < -0.3 is 33.8 Å². The first kappa shape index (κ1) is 89.1. The molecular formula is C72H140O17P2. The van der Waals surface area contributed by atoms with E-state index in [0.29, 0.717) is 25.7 Å². The van der Waals surface area contributed by atoms with Gasteiger partial charge in [0.15, 0.2) is 12.2 Å². The van der Waals surface area contributed by atoms with Gasteiger partial charge in [-0.2, -0.15) is 0 Å². The fourth-order valence-corrected chi connectivity index (χ4v) is 12.3. The van der Waals surface area contributed by atoms with Gasteiger partial charge in [0.2, 0.25) is 0 Å². The molecule has 0 saturated heterocycles. The average molecular weight is 1340 g/mol. The normalized spacial score (nSPS) is 15.1. The molecule has 540 valence electrons. The lowest BCUT2D eigenvalue weighted by atomic mass is 9.99. The van der Waals surface area contributed by atoms with Gasteiger partial charge >= 0.3 is 39.5 Å². The van der Waals surface area contributed by atoms with Gasteiger partial charge in [-0.1, -0.05) is 306 Å². The molecule has 3 N–H and O–H groups in total. The van der Waals surface area contributed by atoms with Gasteiger partial charge in [-0.25, -0.2) is 9.13 Å². The largest absolute Gasteiger partial charge is 0.472 e. The van der Waals surface area contributed by atoms with Crippen LogP contribution in [-0.2, 0) is 65.4 Å². The summed E-state index contributed by atoms with van der Waals surface area (Å²) >= 11 is 0. The first-order valence-corrected chi connectivity index (χ1v) is 40.3.